The van der Waals surface area contributed by atoms with Crippen LogP contribution in [-0.4, -0.2) is 72.5 Å². The van der Waals surface area contributed by atoms with Crippen LogP contribution in [0.5, 0.6) is 0 Å². The molecule has 0 radical (unpaired) electrons. The summed E-state index contributed by atoms with van der Waals surface area (Å²) in [5.41, 5.74) is 0.580. The number of urea groups is 1. The first-order valence-corrected chi connectivity index (χ1v) is 8.93. The minimum Gasteiger partial charge on any atom is -0.342 e. The number of halogens is 1. The van der Waals surface area contributed by atoms with E-state index in [1.54, 1.807) is 17.0 Å². The van der Waals surface area contributed by atoms with E-state index in [9.17, 15) is 14.0 Å². The van der Waals surface area contributed by atoms with E-state index in [4.69, 9.17) is 0 Å². The third-order valence-corrected chi connectivity index (χ3v) is 4.79. The van der Waals surface area contributed by atoms with Crippen LogP contribution in [0.2, 0.25) is 0 Å². The Kier molecular flexibility index (Phi) is 5.86. The molecule has 1 aromatic rings. The molecule has 0 spiro atoms. The summed E-state index contributed by atoms with van der Waals surface area (Å²) in [6.07, 6.45) is 3.04. The van der Waals surface area contributed by atoms with Crippen molar-refractivity contribution in [3.05, 3.63) is 30.1 Å². The highest BCUT2D eigenvalue weighted by Gasteiger charge is 2.23. The molecular formula is C18H25FN4O2. The van der Waals surface area contributed by atoms with Crippen LogP contribution in [0.15, 0.2) is 24.3 Å². The smallest absolute Gasteiger partial charge is 0.321 e. The molecule has 25 heavy (non-hydrogen) atoms. The van der Waals surface area contributed by atoms with Gasteiger partial charge in [0.05, 0.1) is 6.54 Å². The Morgan fingerprint density at radius 1 is 0.880 bits per heavy atom. The highest BCUT2D eigenvalue weighted by Crippen LogP contribution is 2.12. The average molecular weight is 348 g/mol. The summed E-state index contributed by atoms with van der Waals surface area (Å²) < 4.78 is 12.9. The van der Waals surface area contributed by atoms with Crippen LogP contribution in [0.3, 0.4) is 0 Å². The fourth-order valence-corrected chi connectivity index (χ4v) is 3.33. The van der Waals surface area contributed by atoms with Crippen LogP contribution in [-0.2, 0) is 4.79 Å². The van der Waals surface area contributed by atoms with E-state index >= 15 is 0 Å². The summed E-state index contributed by atoms with van der Waals surface area (Å²) in [6.45, 7) is 4.93. The molecule has 2 fully saturated rings. The van der Waals surface area contributed by atoms with Gasteiger partial charge in [-0.3, -0.25) is 9.69 Å². The summed E-state index contributed by atoms with van der Waals surface area (Å²) >= 11 is 0. The number of benzene rings is 1. The standard InChI is InChI=1S/C18H25FN4O2/c19-15-4-6-16(7-5-15)20-18(25)23-11-3-8-21(12-13-23)14-17(24)22-9-1-2-10-22/h4-7H,1-3,8-14H2,(H,20,25). The Labute approximate surface area is 147 Å². The van der Waals surface area contributed by atoms with Gasteiger partial charge in [0.1, 0.15) is 5.82 Å². The van der Waals surface area contributed by atoms with E-state index in [1.165, 1.54) is 12.1 Å². The van der Waals surface area contributed by atoms with Crippen molar-refractivity contribution in [1.29, 1.82) is 0 Å². The number of nitrogens with zero attached hydrogens (tertiary/aromatic N) is 3. The van der Waals surface area contributed by atoms with Crippen molar-refractivity contribution in [3.8, 4) is 0 Å². The monoisotopic (exact) mass is 348 g/mol. The number of carbonyl (C=O) groups excluding carboxylic acids is 2. The van der Waals surface area contributed by atoms with Crippen LogP contribution in [0.1, 0.15) is 19.3 Å². The van der Waals surface area contributed by atoms with Gasteiger partial charge >= 0.3 is 6.03 Å². The molecule has 7 heteroatoms. The number of hydrogen-bond acceptors (Lipinski definition) is 3. The van der Waals surface area contributed by atoms with Crippen LogP contribution < -0.4 is 5.32 Å². The molecule has 0 saturated carbocycles. The van der Waals surface area contributed by atoms with E-state index in [0.717, 1.165) is 38.9 Å². The topological polar surface area (TPSA) is 55.9 Å². The van der Waals surface area contributed by atoms with Gasteiger partial charge in [-0.15, -0.1) is 0 Å². The Morgan fingerprint density at radius 3 is 2.28 bits per heavy atom. The number of hydrogen-bond donors (Lipinski definition) is 1. The first-order chi connectivity index (χ1) is 12.1. The van der Waals surface area contributed by atoms with E-state index in [2.05, 4.69) is 10.2 Å². The molecule has 1 N–H and O–H groups in total. The van der Waals surface area contributed by atoms with Crippen molar-refractivity contribution < 1.29 is 14.0 Å². The molecule has 0 unspecified atom stereocenters. The molecule has 3 rings (SSSR count). The minimum atomic E-state index is -0.328. The van der Waals surface area contributed by atoms with Crippen molar-refractivity contribution in [3.63, 3.8) is 0 Å². The number of anilines is 1. The number of likely N-dealkylation sites (tertiary alicyclic amines) is 1. The van der Waals surface area contributed by atoms with Crippen molar-refractivity contribution in [1.82, 2.24) is 14.7 Å². The maximum atomic E-state index is 12.9. The van der Waals surface area contributed by atoms with Crippen molar-refractivity contribution in [2.45, 2.75) is 19.3 Å². The number of carbonyl (C=O) groups is 2. The Hall–Kier alpha value is -2.15. The quantitative estimate of drug-likeness (QED) is 0.909. The van der Waals surface area contributed by atoms with E-state index in [0.29, 0.717) is 31.9 Å². The fourth-order valence-electron chi connectivity index (χ4n) is 3.33. The van der Waals surface area contributed by atoms with Gasteiger partial charge in [0, 0.05) is 45.0 Å². The number of nitrogens with one attached hydrogen (secondary N) is 1. The van der Waals surface area contributed by atoms with Crippen LogP contribution in [0.4, 0.5) is 14.9 Å². The maximum Gasteiger partial charge on any atom is 0.321 e. The van der Waals surface area contributed by atoms with Gasteiger partial charge in [-0.1, -0.05) is 0 Å². The van der Waals surface area contributed by atoms with Gasteiger partial charge < -0.3 is 15.1 Å². The number of amides is 3. The molecule has 2 saturated heterocycles. The minimum absolute atomic E-state index is 0.181. The summed E-state index contributed by atoms with van der Waals surface area (Å²) in [4.78, 5) is 30.5. The third-order valence-electron chi connectivity index (χ3n) is 4.79. The summed E-state index contributed by atoms with van der Waals surface area (Å²) in [5.74, 6) is -0.132. The van der Waals surface area contributed by atoms with Gasteiger partial charge in [-0.05, 0) is 43.5 Å². The summed E-state index contributed by atoms with van der Waals surface area (Å²) in [5, 5.41) is 2.79. The second-order valence-corrected chi connectivity index (χ2v) is 6.64. The molecule has 2 aliphatic heterocycles. The fraction of sp³-hybridized carbons (Fsp3) is 0.556. The lowest BCUT2D eigenvalue weighted by Gasteiger charge is -2.24. The molecule has 136 valence electrons. The first-order valence-electron chi connectivity index (χ1n) is 8.93. The van der Waals surface area contributed by atoms with Gasteiger partial charge in [0.2, 0.25) is 5.91 Å². The van der Waals surface area contributed by atoms with Gasteiger partial charge in [0.25, 0.3) is 0 Å². The lowest BCUT2D eigenvalue weighted by Crippen LogP contribution is -2.41. The normalized spacial score (nSPS) is 18.9. The maximum absolute atomic E-state index is 12.9. The third kappa shape index (κ3) is 4.92. The van der Waals surface area contributed by atoms with Crippen molar-refractivity contribution in [2.24, 2.45) is 0 Å². The average Bonchev–Trinajstić information content (AvgIpc) is 3.04. The molecule has 0 atom stereocenters. The predicted molar refractivity (Wildman–Crippen MR) is 93.9 cm³/mol. The predicted octanol–water partition coefficient (Wildman–Crippen LogP) is 1.99. The largest absolute Gasteiger partial charge is 0.342 e. The number of rotatable bonds is 3. The summed E-state index contributed by atoms with van der Waals surface area (Å²) in [6, 6.07) is 5.56. The molecule has 2 heterocycles. The Morgan fingerprint density at radius 2 is 1.56 bits per heavy atom. The van der Waals surface area contributed by atoms with Crippen molar-refractivity contribution >= 4 is 17.6 Å². The summed E-state index contributed by atoms with van der Waals surface area (Å²) in [7, 11) is 0. The molecule has 0 aromatic heterocycles. The lowest BCUT2D eigenvalue weighted by atomic mass is 10.3. The highest BCUT2D eigenvalue weighted by molar-refractivity contribution is 5.89. The Bertz CT molecular complexity index is 602. The van der Waals surface area contributed by atoms with Gasteiger partial charge in [0.15, 0.2) is 0 Å². The molecule has 0 bridgehead atoms. The van der Waals surface area contributed by atoms with Gasteiger partial charge in [-0.25, -0.2) is 9.18 Å². The molecule has 6 nitrogen and oxygen atoms in total. The zero-order chi connectivity index (χ0) is 17.6. The second-order valence-electron chi connectivity index (χ2n) is 6.64. The Balaban J connectivity index is 1.48. The first kappa shape index (κ1) is 17.7. The van der Waals surface area contributed by atoms with Gasteiger partial charge in [-0.2, -0.15) is 0 Å². The second kappa shape index (κ2) is 8.29. The molecule has 3 amide bonds. The van der Waals surface area contributed by atoms with E-state index in [1.807, 2.05) is 4.90 Å². The molecule has 1 aromatic carbocycles. The molecule has 0 aliphatic carbocycles. The zero-order valence-corrected chi connectivity index (χ0v) is 14.4. The van der Waals surface area contributed by atoms with Crippen LogP contribution in [0, 0.1) is 5.82 Å². The van der Waals surface area contributed by atoms with Crippen LogP contribution in [0.25, 0.3) is 0 Å². The van der Waals surface area contributed by atoms with E-state index < -0.39 is 0 Å². The van der Waals surface area contributed by atoms with Crippen LogP contribution >= 0.6 is 0 Å². The molecule has 2 aliphatic rings. The SMILES string of the molecule is O=C(CN1CCCN(C(=O)Nc2ccc(F)cc2)CC1)N1CCCC1. The highest BCUT2D eigenvalue weighted by atomic mass is 19.1. The van der Waals surface area contributed by atoms with Crippen molar-refractivity contribution in [2.75, 3.05) is 51.1 Å². The zero-order valence-electron chi connectivity index (χ0n) is 14.4. The lowest BCUT2D eigenvalue weighted by molar-refractivity contribution is -0.131. The van der Waals surface area contributed by atoms with E-state index in [-0.39, 0.29) is 17.8 Å². The molecular weight excluding hydrogens is 323 g/mol.